The highest BCUT2D eigenvalue weighted by Gasteiger charge is 2.11. The minimum atomic E-state index is -3.33. The third-order valence-electron chi connectivity index (χ3n) is 2.68. The van der Waals surface area contributed by atoms with Crippen LogP contribution >= 0.6 is 11.6 Å². The molecule has 0 radical (unpaired) electrons. The smallest absolute Gasteiger partial charge is 0.213 e. The number of halogens is 2. The molecule has 2 aromatic rings. The zero-order valence-corrected chi connectivity index (χ0v) is 12.8. The summed E-state index contributed by atoms with van der Waals surface area (Å²) in [6.45, 7) is 2.17. The lowest BCUT2D eigenvalue weighted by Gasteiger charge is -2.09. The standard InChI is InChI=1S/C12H14ClFN4O2S/c1-2-18-21(19,20)4-3-15-12-9-5-8(13)6-10(14)11(9)16-7-17-12/h5-7,18H,2-4H2,1H3,(H,15,16,17). The van der Waals surface area contributed by atoms with Gasteiger partial charge in [-0.1, -0.05) is 18.5 Å². The van der Waals surface area contributed by atoms with Gasteiger partial charge < -0.3 is 5.32 Å². The van der Waals surface area contributed by atoms with Gasteiger partial charge in [-0.25, -0.2) is 27.5 Å². The summed E-state index contributed by atoms with van der Waals surface area (Å²) in [6.07, 6.45) is 1.21. The first-order valence-corrected chi connectivity index (χ1v) is 8.27. The molecule has 2 rings (SSSR count). The van der Waals surface area contributed by atoms with Crippen molar-refractivity contribution in [3.8, 4) is 0 Å². The van der Waals surface area contributed by atoms with Crippen LogP contribution in [0.1, 0.15) is 6.92 Å². The zero-order valence-electron chi connectivity index (χ0n) is 11.2. The first-order valence-electron chi connectivity index (χ1n) is 6.24. The molecule has 9 heteroatoms. The monoisotopic (exact) mass is 332 g/mol. The first kappa shape index (κ1) is 15.9. The van der Waals surface area contributed by atoms with Crippen LogP contribution in [0, 0.1) is 5.82 Å². The van der Waals surface area contributed by atoms with Gasteiger partial charge in [0.1, 0.15) is 17.7 Å². The van der Waals surface area contributed by atoms with Gasteiger partial charge in [-0.3, -0.25) is 0 Å². The van der Waals surface area contributed by atoms with E-state index in [0.717, 1.165) is 6.07 Å². The third kappa shape index (κ3) is 3.99. The van der Waals surface area contributed by atoms with Crippen molar-refractivity contribution in [2.24, 2.45) is 0 Å². The Hall–Kier alpha value is -1.51. The molecule has 1 heterocycles. The van der Waals surface area contributed by atoms with E-state index in [1.54, 1.807) is 6.92 Å². The molecular formula is C12H14ClFN4O2S. The van der Waals surface area contributed by atoms with Gasteiger partial charge in [0.25, 0.3) is 0 Å². The van der Waals surface area contributed by atoms with Crippen molar-refractivity contribution in [2.45, 2.75) is 6.92 Å². The third-order valence-corrected chi connectivity index (χ3v) is 4.37. The Balaban J connectivity index is 2.20. The van der Waals surface area contributed by atoms with Gasteiger partial charge in [0.05, 0.1) is 5.75 Å². The summed E-state index contributed by atoms with van der Waals surface area (Å²) < 4.78 is 39.2. The molecule has 21 heavy (non-hydrogen) atoms. The molecule has 0 atom stereocenters. The van der Waals surface area contributed by atoms with E-state index >= 15 is 0 Å². The molecule has 2 N–H and O–H groups in total. The van der Waals surface area contributed by atoms with Crippen LogP contribution < -0.4 is 10.0 Å². The van der Waals surface area contributed by atoms with Gasteiger partial charge in [0.15, 0.2) is 5.82 Å². The molecule has 0 bridgehead atoms. The lowest BCUT2D eigenvalue weighted by Crippen LogP contribution is -2.29. The van der Waals surface area contributed by atoms with E-state index in [4.69, 9.17) is 11.6 Å². The predicted molar refractivity (Wildman–Crippen MR) is 80.5 cm³/mol. The summed E-state index contributed by atoms with van der Waals surface area (Å²) >= 11 is 5.81. The van der Waals surface area contributed by atoms with Crippen molar-refractivity contribution in [1.29, 1.82) is 0 Å². The summed E-state index contributed by atoms with van der Waals surface area (Å²) in [4.78, 5) is 7.85. The van der Waals surface area contributed by atoms with Crippen LogP contribution in [0.25, 0.3) is 10.9 Å². The molecule has 6 nitrogen and oxygen atoms in total. The van der Waals surface area contributed by atoms with Gasteiger partial charge in [-0.15, -0.1) is 0 Å². The van der Waals surface area contributed by atoms with Gasteiger partial charge >= 0.3 is 0 Å². The molecule has 0 unspecified atom stereocenters. The molecule has 0 aliphatic heterocycles. The number of fused-ring (bicyclic) bond motifs is 1. The van der Waals surface area contributed by atoms with E-state index in [1.807, 2.05) is 0 Å². The van der Waals surface area contributed by atoms with E-state index in [9.17, 15) is 12.8 Å². The molecule has 0 fully saturated rings. The van der Waals surface area contributed by atoms with Crippen LogP contribution in [0.4, 0.5) is 10.2 Å². The number of sulfonamides is 1. The topological polar surface area (TPSA) is 84.0 Å². The Kier molecular flexibility index (Phi) is 4.92. The molecule has 0 aliphatic rings. The maximum atomic E-state index is 13.7. The first-order chi connectivity index (χ1) is 9.93. The van der Waals surface area contributed by atoms with E-state index in [0.29, 0.717) is 17.7 Å². The van der Waals surface area contributed by atoms with E-state index in [-0.39, 0.29) is 22.8 Å². The molecule has 0 aliphatic carbocycles. The Morgan fingerprint density at radius 2 is 2.10 bits per heavy atom. The number of benzene rings is 1. The molecule has 0 amide bonds. The maximum absolute atomic E-state index is 13.7. The Morgan fingerprint density at radius 3 is 2.81 bits per heavy atom. The lowest BCUT2D eigenvalue weighted by molar-refractivity contribution is 0.584. The molecule has 114 valence electrons. The van der Waals surface area contributed by atoms with Crippen LogP contribution in [-0.4, -0.2) is 37.2 Å². The average Bonchev–Trinajstić information content (AvgIpc) is 2.39. The number of hydrogen-bond acceptors (Lipinski definition) is 5. The number of hydrogen-bond donors (Lipinski definition) is 2. The molecule has 0 saturated carbocycles. The molecule has 0 saturated heterocycles. The Bertz CT molecular complexity index is 754. The highest BCUT2D eigenvalue weighted by Crippen LogP contribution is 2.25. The quantitative estimate of drug-likeness (QED) is 0.842. The van der Waals surface area contributed by atoms with Gasteiger partial charge in [0.2, 0.25) is 10.0 Å². The van der Waals surface area contributed by atoms with E-state index in [2.05, 4.69) is 20.0 Å². The van der Waals surface area contributed by atoms with Crippen LogP contribution in [0.3, 0.4) is 0 Å². The number of anilines is 1. The van der Waals surface area contributed by atoms with Gasteiger partial charge in [-0.05, 0) is 12.1 Å². The summed E-state index contributed by atoms with van der Waals surface area (Å²) in [5.41, 5.74) is 0.131. The minimum Gasteiger partial charge on any atom is -0.368 e. The van der Waals surface area contributed by atoms with Crippen molar-refractivity contribution in [3.63, 3.8) is 0 Å². The Morgan fingerprint density at radius 1 is 1.33 bits per heavy atom. The summed E-state index contributed by atoms with van der Waals surface area (Å²) in [5, 5.41) is 3.49. The normalized spacial score (nSPS) is 11.8. The number of aromatic nitrogens is 2. The van der Waals surface area contributed by atoms with Gasteiger partial charge in [-0.2, -0.15) is 0 Å². The predicted octanol–water partition coefficient (Wildman–Crippen LogP) is 1.77. The van der Waals surface area contributed by atoms with Crippen LogP contribution in [0.15, 0.2) is 18.5 Å². The lowest BCUT2D eigenvalue weighted by atomic mass is 10.2. The number of nitrogens with one attached hydrogen (secondary N) is 2. The summed E-state index contributed by atoms with van der Waals surface area (Å²) in [6, 6.07) is 2.69. The molecule has 1 aromatic heterocycles. The fourth-order valence-corrected chi connectivity index (χ4v) is 2.99. The second-order valence-corrected chi connectivity index (χ2v) is 6.61. The Labute approximate surface area is 126 Å². The number of nitrogens with zero attached hydrogens (tertiary/aromatic N) is 2. The SMILES string of the molecule is CCNS(=O)(=O)CCNc1ncnc2c(F)cc(Cl)cc12. The average molecular weight is 333 g/mol. The van der Waals surface area contributed by atoms with Crippen molar-refractivity contribution in [2.75, 3.05) is 24.2 Å². The summed E-state index contributed by atoms with van der Waals surface area (Å²) in [7, 11) is -3.33. The van der Waals surface area contributed by atoms with Gasteiger partial charge in [0, 0.05) is 23.5 Å². The summed E-state index contributed by atoms with van der Waals surface area (Å²) in [5.74, 6) is -0.327. The van der Waals surface area contributed by atoms with E-state index in [1.165, 1.54) is 12.4 Å². The fraction of sp³-hybridized carbons (Fsp3) is 0.333. The number of rotatable bonds is 6. The second kappa shape index (κ2) is 6.50. The van der Waals surface area contributed by atoms with Crippen molar-refractivity contribution in [1.82, 2.24) is 14.7 Å². The zero-order chi connectivity index (χ0) is 15.5. The largest absolute Gasteiger partial charge is 0.368 e. The van der Waals surface area contributed by atoms with Crippen molar-refractivity contribution >= 4 is 38.3 Å². The van der Waals surface area contributed by atoms with Crippen LogP contribution in [-0.2, 0) is 10.0 Å². The highest BCUT2D eigenvalue weighted by molar-refractivity contribution is 7.89. The van der Waals surface area contributed by atoms with Crippen LogP contribution in [0.5, 0.6) is 0 Å². The van der Waals surface area contributed by atoms with Crippen molar-refractivity contribution in [3.05, 3.63) is 29.3 Å². The van der Waals surface area contributed by atoms with Crippen molar-refractivity contribution < 1.29 is 12.8 Å². The van der Waals surface area contributed by atoms with Crippen LogP contribution in [0.2, 0.25) is 5.02 Å². The highest BCUT2D eigenvalue weighted by atomic mass is 35.5. The molecule has 1 aromatic carbocycles. The second-order valence-electron chi connectivity index (χ2n) is 4.25. The van der Waals surface area contributed by atoms with E-state index < -0.39 is 15.8 Å². The molecule has 0 spiro atoms. The molecular weight excluding hydrogens is 319 g/mol. The fourth-order valence-electron chi connectivity index (χ4n) is 1.83. The maximum Gasteiger partial charge on any atom is 0.213 e. The minimum absolute atomic E-state index is 0.116.